The lowest BCUT2D eigenvalue weighted by Gasteiger charge is -2.16. The summed E-state index contributed by atoms with van der Waals surface area (Å²) in [4.78, 5) is 23.7. The van der Waals surface area contributed by atoms with Crippen LogP contribution in [-0.2, 0) is 9.53 Å². The molecule has 0 saturated heterocycles. The minimum absolute atomic E-state index is 0.142. The quantitative estimate of drug-likeness (QED) is 0.842. The Morgan fingerprint density at radius 3 is 2.25 bits per heavy atom. The van der Waals surface area contributed by atoms with Crippen molar-refractivity contribution in [2.45, 2.75) is 47.1 Å². The molecule has 0 saturated carbocycles. The predicted molar refractivity (Wildman–Crippen MR) is 78.8 cm³/mol. The lowest BCUT2D eigenvalue weighted by atomic mass is 9.99. The van der Waals surface area contributed by atoms with E-state index in [0.29, 0.717) is 12.2 Å². The monoisotopic (exact) mass is 277 g/mol. The van der Waals surface area contributed by atoms with Crippen LogP contribution in [0.15, 0.2) is 12.1 Å². The van der Waals surface area contributed by atoms with Gasteiger partial charge in [-0.1, -0.05) is 17.7 Å². The number of esters is 1. The molecule has 0 aliphatic rings. The van der Waals surface area contributed by atoms with Crippen molar-refractivity contribution < 1.29 is 14.3 Å². The van der Waals surface area contributed by atoms with Crippen LogP contribution in [0.5, 0.6) is 0 Å². The predicted octanol–water partition coefficient (Wildman–Crippen LogP) is 2.68. The summed E-state index contributed by atoms with van der Waals surface area (Å²) >= 11 is 0. The van der Waals surface area contributed by atoms with Crippen LogP contribution in [0.25, 0.3) is 0 Å². The molecule has 0 aliphatic heterocycles. The van der Waals surface area contributed by atoms with E-state index in [1.807, 2.05) is 32.9 Å². The van der Waals surface area contributed by atoms with Crippen molar-refractivity contribution in [1.82, 2.24) is 5.32 Å². The molecule has 0 fully saturated rings. The van der Waals surface area contributed by atoms with E-state index in [1.54, 1.807) is 13.8 Å². The Labute approximate surface area is 120 Å². The molecule has 1 aromatic rings. The first kappa shape index (κ1) is 16.2. The van der Waals surface area contributed by atoms with Crippen molar-refractivity contribution in [2.24, 2.45) is 0 Å². The van der Waals surface area contributed by atoms with Gasteiger partial charge in [-0.25, -0.2) is 0 Å². The van der Waals surface area contributed by atoms with Gasteiger partial charge in [0.15, 0.2) is 0 Å². The highest BCUT2D eigenvalue weighted by Crippen LogP contribution is 2.16. The van der Waals surface area contributed by atoms with E-state index in [4.69, 9.17) is 4.74 Å². The molecule has 4 nitrogen and oxygen atoms in total. The maximum Gasteiger partial charge on any atom is 0.307 e. The van der Waals surface area contributed by atoms with Crippen LogP contribution in [0, 0.1) is 20.8 Å². The van der Waals surface area contributed by atoms with E-state index in [-0.39, 0.29) is 24.3 Å². The minimum Gasteiger partial charge on any atom is -0.466 e. The number of hydrogen-bond acceptors (Lipinski definition) is 3. The molecule has 0 aliphatic carbocycles. The molecule has 0 spiro atoms. The lowest BCUT2D eigenvalue weighted by Crippen LogP contribution is -2.35. The molecule has 0 bridgehead atoms. The molecule has 1 unspecified atom stereocenters. The summed E-state index contributed by atoms with van der Waals surface area (Å²) in [6.45, 7) is 9.77. The van der Waals surface area contributed by atoms with Crippen LogP contribution in [0.2, 0.25) is 0 Å². The first-order valence-corrected chi connectivity index (χ1v) is 6.89. The van der Waals surface area contributed by atoms with Gasteiger partial charge in [0.1, 0.15) is 0 Å². The molecule has 1 atom stereocenters. The van der Waals surface area contributed by atoms with Gasteiger partial charge in [0.25, 0.3) is 5.91 Å². The average molecular weight is 277 g/mol. The maximum absolute atomic E-state index is 12.3. The molecular weight excluding hydrogens is 254 g/mol. The van der Waals surface area contributed by atoms with E-state index in [2.05, 4.69) is 5.32 Å². The molecule has 1 amide bonds. The Kier molecular flexibility index (Phi) is 5.74. The zero-order valence-electron chi connectivity index (χ0n) is 12.9. The normalized spacial score (nSPS) is 11.8. The Hall–Kier alpha value is -1.84. The van der Waals surface area contributed by atoms with Gasteiger partial charge in [0, 0.05) is 11.6 Å². The Balaban J connectivity index is 2.74. The molecule has 20 heavy (non-hydrogen) atoms. The number of rotatable bonds is 5. The van der Waals surface area contributed by atoms with E-state index in [1.165, 1.54) is 0 Å². The first-order chi connectivity index (χ1) is 9.35. The summed E-state index contributed by atoms with van der Waals surface area (Å²) in [5.74, 6) is -0.436. The van der Waals surface area contributed by atoms with Crippen molar-refractivity contribution in [3.63, 3.8) is 0 Å². The van der Waals surface area contributed by atoms with E-state index < -0.39 is 0 Å². The molecule has 110 valence electrons. The standard InChI is InChI=1S/C16H23NO3/c1-6-20-14(18)9-13(5)17-16(19)15-11(3)7-10(2)8-12(15)4/h7-8,13H,6,9H2,1-5H3,(H,17,19). The smallest absolute Gasteiger partial charge is 0.307 e. The number of nitrogens with one attached hydrogen (secondary N) is 1. The highest BCUT2D eigenvalue weighted by molar-refractivity contribution is 5.97. The third kappa shape index (κ3) is 4.37. The highest BCUT2D eigenvalue weighted by atomic mass is 16.5. The Morgan fingerprint density at radius 2 is 1.75 bits per heavy atom. The molecule has 1 aromatic carbocycles. The van der Waals surface area contributed by atoms with E-state index in [0.717, 1.165) is 16.7 Å². The van der Waals surface area contributed by atoms with Crippen LogP contribution >= 0.6 is 0 Å². The van der Waals surface area contributed by atoms with Crippen LogP contribution in [0.3, 0.4) is 0 Å². The van der Waals surface area contributed by atoms with Gasteiger partial charge in [0.2, 0.25) is 0 Å². The molecule has 0 heterocycles. The second kappa shape index (κ2) is 7.08. The highest BCUT2D eigenvalue weighted by Gasteiger charge is 2.17. The second-order valence-electron chi connectivity index (χ2n) is 5.16. The van der Waals surface area contributed by atoms with E-state index in [9.17, 15) is 9.59 Å². The fraction of sp³-hybridized carbons (Fsp3) is 0.500. The van der Waals surface area contributed by atoms with Gasteiger partial charge >= 0.3 is 5.97 Å². The Bertz CT molecular complexity index is 485. The van der Waals surface area contributed by atoms with Crippen molar-refractivity contribution in [2.75, 3.05) is 6.61 Å². The zero-order valence-corrected chi connectivity index (χ0v) is 12.9. The van der Waals surface area contributed by atoms with Gasteiger partial charge in [-0.3, -0.25) is 9.59 Å². The number of amides is 1. The van der Waals surface area contributed by atoms with E-state index >= 15 is 0 Å². The van der Waals surface area contributed by atoms with Gasteiger partial charge in [-0.15, -0.1) is 0 Å². The lowest BCUT2D eigenvalue weighted by molar-refractivity contribution is -0.143. The van der Waals surface area contributed by atoms with Gasteiger partial charge in [0.05, 0.1) is 13.0 Å². The van der Waals surface area contributed by atoms with Crippen LogP contribution in [0.4, 0.5) is 0 Å². The van der Waals surface area contributed by atoms with Gasteiger partial charge < -0.3 is 10.1 Å². The van der Waals surface area contributed by atoms with Crippen molar-refractivity contribution in [3.05, 3.63) is 34.4 Å². The third-order valence-electron chi connectivity index (χ3n) is 3.06. The Morgan fingerprint density at radius 1 is 1.20 bits per heavy atom. The molecule has 1 N–H and O–H groups in total. The largest absolute Gasteiger partial charge is 0.466 e. The van der Waals surface area contributed by atoms with Crippen LogP contribution in [-0.4, -0.2) is 24.5 Å². The second-order valence-corrected chi connectivity index (χ2v) is 5.16. The van der Waals surface area contributed by atoms with Gasteiger partial charge in [-0.05, 0) is 45.7 Å². The first-order valence-electron chi connectivity index (χ1n) is 6.89. The zero-order chi connectivity index (χ0) is 15.3. The number of aryl methyl sites for hydroxylation is 3. The molecule has 1 rings (SSSR count). The van der Waals surface area contributed by atoms with Crippen molar-refractivity contribution in [1.29, 1.82) is 0 Å². The summed E-state index contributed by atoms with van der Waals surface area (Å²) < 4.78 is 4.87. The SMILES string of the molecule is CCOC(=O)CC(C)NC(=O)c1c(C)cc(C)cc1C. The number of ether oxygens (including phenoxy) is 1. The van der Waals surface area contributed by atoms with Crippen molar-refractivity contribution >= 4 is 11.9 Å². The number of benzene rings is 1. The fourth-order valence-electron chi connectivity index (χ4n) is 2.36. The average Bonchev–Trinajstić information content (AvgIpc) is 2.26. The molecule has 0 aromatic heterocycles. The summed E-state index contributed by atoms with van der Waals surface area (Å²) in [6.07, 6.45) is 0.184. The number of hydrogen-bond donors (Lipinski definition) is 1. The third-order valence-corrected chi connectivity index (χ3v) is 3.06. The molecule has 0 radical (unpaired) electrons. The summed E-state index contributed by atoms with van der Waals surface area (Å²) in [5.41, 5.74) is 3.72. The van der Waals surface area contributed by atoms with Crippen LogP contribution in [0.1, 0.15) is 47.3 Å². The summed E-state index contributed by atoms with van der Waals surface area (Å²) in [7, 11) is 0. The number of carbonyl (C=O) groups excluding carboxylic acids is 2. The fourth-order valence-corrected chi connectivity index (χ4v) is 2.36. The van der Waals surface area contributed by atoms with Crippen molar-refractivity contribution in [3.8, 4) is 0 Å². The maximum atomic E-state index is 12.3. The molecule has 4 heteroatoms. The molecular formula is C16H23NO3. The van der Waals surface area contributed by atoms with Crippen LogP contribution < -0.4 is 5.32 Å². The summed E-state index contributed by atoms with van der Waals surface area (Å²) in [5, 5.41) is 2.85. The minimum atomic E-state index is -0.294. The topological polar surface area (TPSA) is 55.4 Å². The summed E-state index contributed by atoms with van der Waals surface area (Å²) in [6, 6.07) is 3.72. The van der Waals surface area contributed by atoms with Gasteiger partial charge in [-0.2, -0.15) is 0 Å². The number of carbonyl (C=O) groups is 2.